The average Bonchev–Trinajstić information content (AvgIpc) is 2.40. The Balaban J connectivity index is 2.05. The third-order valence-corrected chi connectivity index (χ3v) is 3.01. The lowest BCUT2D eigenvalue weighted by molar-refractivity contribution is -0.274. The maximum atomic E-state index is 12.0. The van der Waals surface area contributed by atoms with Gasteiger partial charge in [-0.15, -0.1) is 13.2 Å². The van der Waals surface area contributed by atoms with Crippen molar-refractivity contribution < 1.29 is 23.0 Å². The van der Waals surface area contributed by atoms with E-state index in [1.807, 2.05) is 6.92 Å². The Morgan fingerprint density at radius 2 is 1.86 bits per heavy atom. The Morgan fingerprint density at radius 3 is 2.43 bits per heavy atom. The van der Waals surface area contributed by atoms with Gasteiger partial charge in [0.15, 0.2) is 0 Å². The smallest absolute Gasteiger partial charge is 0.406 e. The first-order valence-electron chi connectivity index (χ1n) is 6.28. The summed E-state index contributed by atoms with van der Waals surface area (Å²) in [6.45, 7) is 1.84. The number of ether oxygens (including phenoxy) is 1. The first-order valence-corrected chi connectivity index (χ1v) is 6.28. The van der Waals surface area contributed by atoms with E-state index in [1.54, 1.807) is 18.5 Å². The molecule has 0 saturated carbocycles. The van der Waals surface area contributed by atoms with E-state index in [9.17, 15) is 18.3 Å². The third-order valence-electron chi connectivity index (χ3n) is 3.01. The molecule has 0 bridgehead atoms. The molecule has 21 heavy (non-hydrogen) atoms. The fourth-order valence-corrected chi connectivity index (χ4v) is 2.02. The lowest BCUT2D eigenvalue weighted by atomic mass is 9.99. The molecule has 1 atom stereocenters. The highest BCUT2D eigenvalue weighted by atomic mass is 19.4. The second-order valence-electron chi connectivity index (χ2n) is 4.64. The Kier molecular flexibility index (Phi) is 4.47. The summed E-state index contributed by atoms with van der Waals surface area (Å²) in [5, 5.41) is 10.2. The molecular formula is C15H14F3NO2. The number of benzene rings is 1. The Morgan fingerprint density at radius 1 is 1.19 bits per heavy atom. The molecule has 0 radical (unpaired) electrons. The van der Waals surface area contributed by atoms with E-state index in [1.165, 1.54) is 24.3 Å². The molecule has 1 aromatic carbocycles. The summed E-state index contributed by atoms with van der Waals surface area (Å²) in [5.74, 6) is -0.277. The van der Waals surface area contributed by atoms with Crippen LogP contribution in [0.2, 0.25) is 0 Å². The number of aliphatic hydroxyl groups is 1. The van der Waals surface area contributed by atoms with Gasteiger partial charge in [-0.05, 0) is 41.8 Å². The maximum Gasteiger partial charge on any atom is 0.573 e. The van der Waals surface area contributed by atoms with E-state index in [0.29, 0.717) is 12.0 Å². The zero-order valence-electron chi connectivity index (χ0n) is 11.3. The monoisotopic (exact) mass is 297 g/mol. The van der Waals surface area contributed by atoms with Gasteiger partial charge >= 0.3 is 6.36 Å². The zero-order chi connectivity index (χ0) is 15.5. The van der Waals surface area contributed by atoms with E-state index in [0.717, 1.165) is 11.1 Å². The quantitative estimate of drug-likeness (QED) is 0.938. The van der Waals surface area contributed by atoms with Crippen LogP contribution in [0.4, 0.5) is 13.2 Å². The fourth-order valence-electron chi connectivity index (χ4n) is 2.02. The predicted octanol–water partition coefficient (Wildman–Crippen LogP) is 3.56. The summed E-state index contributed by atoms with van der Waals surface area (Å²) >= 11 is 0. The molecule has 1 unspecified atom stereocenters. The average molecular weight is 297 g/mol. The topological polar surface area (TPSA) is 42.4 Å². The predicted molar refractivity (Wildman–Crippen MR) is 70.8 cm³/mol. The van der Waals surface area contributed by atoms with Crippen LogP contribution in [0, 0.1) is 6.92 Å². The minimum atomic E-state index is -4.70. The summed E-state index contributed by atoms with van der Waals surface area (Å²) < 4.78 is 39.9. The van der Waals surface area contributed by atoms with Crippen molar-refractivity contribution in [2.24, 2.45) is 0 Å². The van der Waals surface area contributed by atoms with Gasteiger partial charge in [0.2, 0.25) is 0 Å². The SMILES string of the molecule is Cc1cnccc1C(O)Cc1ccc(OC(F)(F)F)cc1. The number of rotatable bonds is 4. The second kappa shape index (κ2) is 6.13. The standard InChI is InChI=1S/C15H14F3NO2/c1-10-9-19-7-6-13(10)14(20)8-11-2-4-12(5-3-11)21-15(16,17)18/h2-7,9,14,20H,8H2,1H3. The molecule has 0 amide bonds. The number of pyridine rings is 1. The highest BCUT2D eigenvalue weighted by Gasteiger charge is 2.30. The van der Waals surface area contributed by atoms with Gasteiger partial charge in [0.05, 0.1) is 6.10 Å². The molecule has 0 saturated heterocycles. The summed E-state index contributed by atoms with van der Waals surface area (Å²) in [6.07, 6.45) is -1.89. The van der Waals surface area contributed by atoms with Crippen molar-refractivity contribution in [2.75, 3.05) is 0 Å². The van der Waals surface area contributed by atoms with E-state index >= 15 is 0 Å². The van der Waals surface area contributed by atoms with Crippen LogP contribution in [0.15, 0.2) is 42.7 Å². The number of halogens is 3. The van der Waals surface area contributed by atoms with Gasteiger partial charge in [-0.2, -0.15) is 0 Å². The Hall–Kier alpha value is -2.08. The van der Waals surface area contributed by atoms with E-state index in [-0.39, 0.29) is 5.75 Å². The molecule has 1 heterocycles. The molecule has 6 heteroatoms. The summed E-state index contributed by atoms with van der Waals surface area (Å²) in [4.78, 5) is 3.95. The lowest BCUT2D eigenvalue weighted by Crippen LogP contribution is -2.17. The molecule has 0 aliphatic rings. The van der Waals surface area contributed by atoms with Crippen molar-refractivity contribution in [1.29, 1.82) is 0 Å². The number of hydrogen-bond acceptors (Lipinski definition) is 3. The molecule has 2 rings (SSSR count). The third kappa shape index (κ3) is 4.46. The number of alkyl halides is 3. The van der Waals surface area contributed by atoms with Crippen molar-refractivity contribution >= 4 is 0 Å². The first-order chi connectivity index (χ1) is 9.85. The molecule has 0 fully saturated rings. The molecule has 0 aliphatic carbocycles. The minimum absolute atomic E-state index is 0.277. The number of aryl methyl sites for hydroxylation is 1. The zero-order valence-corrected chi connectivity index (χ0v) is 11.3. The van der Waals surface area contributed by atoms with Gasteiger partial charge in [-0.25, -0.2) is 0 Å². The van der Waals surface area contributed by atoms with E-state index in [4.69, 9.17) is 0 Å². The van der Waals surface area contributed by atoms with Crippen LogP contribution in [0.5, 0.6) is 5.75 Å². The van der Waals surface area contributed by atoms with Crippen molar-refractivity contribution in [3.8, 4) is 5.75 Å². The Labute approximate surface area is 120 Å². The molecule has 3 nitrogen and oxygen atoms in total. The van der Waals surface area contributed by atoms with Gasteiger partial charge in [-0.3, -0.25) is 4.98 Å². The number of hydrogen-bond donors (Lipinski definition) is 1. The molecule has 1 aromatic heterocycles. The van der Waals surface area contributed by atoms with Gasteiger partial charge in [0.25, 0.3) is 0 Å². The van der Waals surface area contributed by atoms with Crippen LogP contribution in [-0.2, 0) is 6.42 Å². The highest BCUT2D eigenvalue weighted by molar-refractivity contribution is 5.30. The largest absolute Gasteiger partial charge is 0.573 e. The molecule has 0 spiro atoms. The molecule has 1 N–H and O–H groups in total. The van der Waals surface area contributed by atoms with E-state index < -0.39 is 12.5 Å². The van der Waals surface area contributed by atoms with Gasteiger partial charge in [0, 0.05) is 18.8 Å². The van der Waals surface area contributed by atoms with Crippen molar-refractivity contribution in [2.45, 2.75) is 25.8 Å². The summed E-state index contributed by atoms with van der Waals surface area (Å²) in [6, 6.07) is 7.19. The molecule has 112 valence electrons. The lowest BCUT2D eigenvalue weighted by Gasteiger charge is -2.14. The van der Waals surface area contributed by atoms with Crippen LogP contribution in [-0.4, -0.2) is 16.5 Å². The molecule has 2 aromatic rings. The van der Waals surface area contributed by atoms with Crippen LogP contribution >= 0.6 is 0 Å². The normalized spacial score (nSPS) is 13.0. The highest BCUT2D eigenvalue weighted by Crippen LogP contribution is 2.25. The van der Waals surface area contributed by atoms with Crippen LogP contribution < -0.4 is 4.74 Å². The Bertz CT molecular complexity index is 597. The van der Waals surface area contributed by atoms with Gasteiger partial charge in [-0.1, -0.05) is 12.1 Å². The van der Waals surface area contributed by atoms with Crippen LogP contribution in [0.3, 0.4) is 0 Å². The van der Waals surface area contributed by atoms with E-state index in [2.05, 4.69) is 9.72 Å². The van der Waals surface area contributed by atoms with Gasteiger partial charge < -0.3 is 9.84 Å². The summed E-state index contributed by atoms with van der Waals surface area (Å²) in [7, 11) is 0. The molecular weight excluding hydrogens is 283 g/mol. The second-order valence-corrected chi connectivity index (χ2v) is 4.64. The van der Waals surface area contributed by atoms with Crippen LogP contribution in [0.25, 0.3) is 0 Å². The fraction of sp³-hybridized carbons (Fsp3) is 0.267. The first kappa shape index (κ1) is 15.3. The van der Waals surface area contributed by atoms with Crippen molar-refractivity contribution in [3.05, 3.63) is 59.4 Å². The van der Waals surface area contributed by atoms with Crippen LogP contribution in [0.1, 0.15) is 22.8 Å². The number of aromatic nitrogens is 1. The number of nitrogens with zero attached hydrogens (tertiary/aromatic N) is 1. The van der Waals surface area contributed by atoms with Crippen molar-refractivity contribution in [1.82, 2.24) is 4.98 Å². The maximum absolute atomic E-state index is 12.0. The molecule has 0 aliphatic heterocycles. The van der Waals surface area contributed by atoms with Crippen molar-refractivity contribution in [3.63, 3.8) is 0 Å². The number of aliphatic hydroxyl groups excluding tert-OH is 1. The van der Waals surface area contributed by atoms with Gasteiger partial charge in [0.1, 0.15) is 5.75 Å². The summed E-state index contributed by atoms with van der Waals surface area (Å²) in [5.41, 5.74) is 2.33. The minimum Gasteiger partial charge on any atom is -0.406 e.